The van der Waals surface area contributed by atoms with Gasteiger partial charge in [-0.3, -0.25) is 9.20 Å². The molecule has 0 saturated heterocycles. The van der Waals surface area contributed by atoms with E-state index in [9.17, 15) is 4.79 Å². The number of hydrogen-bond acceptors (Lipinski definition) is 4. The highest BCUT2D eigenvalue weighted by molar-refractivity contribution is 7.15. The number of ether oxygens (including phenoxy) is 1. The molecule has 1 amide bonds. The Morgan fingerprint density at radius 2 is 2.11 bits per heavy atom. The van der Waals surface area contributed by atoms with Gasteiger partial charge in [-0.1, -0.05) is 41.9 Å². The third kappa shape index (κ3) is 3.88. The molecule has 0 spiro atoms. The van der Waals surface area contributed by atoms with E-state index in [0.717, 1.165) is 33.2 Å². The van der Waals surface area contributed by atoms with Crippen LogP contribution in [0.15, 0.2) is 60.1 Å². The Kier molecular flexibility index (Phi) is 5.32. The smallest absolute Gasteiger partial charge is 0.226 e. The van der Waals surface area contributed by atoms with E-state index in [0.29, 0.717) is 11.6 Å². The van der Waals surface area contributed by atoms with Crippen molar-refractivity contribution in [1.29, 1.82) is 0 Å². The minimum atomic E-state index is -0.0590. The molecule has 1 N–H and O–H groups in total. The molecular weight excluding hydrogens is 394 g/mol. The number of nitrogens with zero attached hydrogens (tertiary/aromatic N) is 2. The lowest BCUT2D eigenvalue weighted by atomic mass is 10.1. The first-order chi connectivity index (χ1) is 13.6. The standard InChI is InChI=1S/C21H18ClN3O2S/c1-27-17-7-4-6-14(9-17)19-12-25-16(13-28-21(25)24-19)10-20(26)23-11-15-5-2-3-8-18(15)22/h2-9,12-13H,10-11H2,1H3,(H,23,26). The van der Waals surface area contributed by atoms with Gasteiger partial charge in [0.05, 0.1) is 19.2 Å². The van der Waals surface area contributed by atoms with Crippen LogP contribution in [0.25, 0.3) is 16.2 Å². The van der Waals surface area contributed by atoms with E-state index in [1.54, 1.807) is 7.11 Å². The summed E-state index contributed by atoms with van der Waals surface area (Å²) in [5.74, 6) is 0.726. The number of nitrogens with one attached hydrogen (secondary N) is 1. The van der Waals surface area contributed by atoms with Crippen molar-refractivity contribution >= 4 is 33.8 Å². The first-order valence-corrected chi connectivity index (χ1v) is 10.00. The molecule has 142 valence electrons. The summed E-state index contributed by atoms with van der Waals surface area (Å²) < 4.78 is 7.25. The van der Waals surface area contributed by atoms with E-state index in [1.165, 1.54) is 11.3 Å². The van der Waals surface area contributed by atoms with E-state index in [2.05, 4.69) is 10.3 Å². The topological polar surface area (TPSA) is 55.6 Å². The van der Waals surface area contributed by atoms with Gasteiger partial charge in [0.25, 0.3) is 0 Å². The highest BCUT2D eigenvalue weighted by Crippen LogP contribution is 2.26. The van der Waals surface area contributed by atoms with Crippen molar-refractivity contribution < 1.29 is 9.53 Å². The van der Waals surface area contributed by atoms with Gasteiger partial charge in [0.1, 0.15) is 5.75 Å². The number of methoxy groups -OCH3 is 1. The molecule has 0 bridgehead atoms. The molecule has 2 aromatic heterocycles. The molecular formula is C21H18ClN3O2S. The molecule has 4 aromatic rings. The Hall–Kier alpha value is -2.83. The monoisotopic (exact) mass is 411 g/mol. The molecule has 4 rings (SSSR count). The second-order valence-electron chi connectivity index (χ2n) is 6.28. The van der Waals surface area contributed by atoms with Crippen LogP contribution < -0.4 is 10.1 Å². The van der Waals surface area contributed by atoms with Crippen LogP contribution in [-0.4, -0.2) is 22.4 Å². The number of amides is 1. The number of fused-ring (bicyclic) bond motifs is 1. The Morgan fingerprint density at radius 3 is 2.93 bits per heavy atom. The van der Waals surface area contributed by atoms with Crippen molar-refractivity contribution in [3.63, 3.8) is 0 Å². The third-order valence-corrected chi connectivity index (χ3v) is 5.68. The van der Waals surface area contributed by atoms with Crippen molar-refractivity contribution in [3.8, 4) is 17.0 Å². The van der Waals surface area contributed by atoms with Crippen LogP contribution in [-0.2, 0) is 17.8 Å². The molecule has 0 unspecified atom stereocenters. The van der Waals surface area contributed by atoms with Crippen molar-refractivity contribution in [1.82, 2.24) is 14.7 Å². The zero-order valence-electron chi connectivity index (χ0n) is 15.2. The molecule has 2 aromatic carbocycles. The molecule has 2 heterocycles. The Labute approximate surface area is 171 Å². The van der Waals surface area contributed by atoms with Gasteiger partial charge in [0.2, 0.25) is 5.91 Å². The zero-order valence-corrected chi connectivity index (χ0v) is 16.8. The molecule has 0 aliphatic heterocycles. The maximum absolute atomic E-state index is 12.4. The van der Waals surface area contributed by atoms with Gasteiger partial charge in [-0.15, -0.1) is 11.3 Å². The third-order valence-electron chi connectivity index (χ3n) is 4.42. The number of aromatic nitrogens is 2. The fourth-order valence-electron chi connectivity index (χ4n) is 2.94. The van der Waals surface area contributed by atoms with E-state index in [4.69, 9.17) is 16.3 Å². The number of carbonyl (C=O) groups excluding carboxylic acids is 1. The Bertz CT molecular complexity index is 1140. The largest absolute Gasteiger partial charge is 0.497 e. The molecule has 5 nitrogen and oxygen atoms in total. The summed E-state index contributed by atoms with van der Waals surface area (Å²) in [6.45, 7) is 0.408. The van der Waals surface area contributed by atoms with Crippen molar-refractivity contribution in [3.05, 3.63) is 76.4 Å². The van der Waals surface area contributed by atoms with Gasteiger partial charge < -0.3 is 10.1 Å². The predicted octanol–water partition coefficient (Wildman–Crippen LogP) is 4.58. The molecule has 0 atom stereocenters. The quantitative estimate of drug-likeness (QED) is 0.505. The Morgan fingerprint density at radius 1 is 1.25 bits per heavy atom. The minimum Gasteiger partial charge on any atom is -0.497 e. The average molecular weight is 412 g/mol. The molecule has 0 saturated carbocycles. The normalized spacial score (nSPS) is 10.9. The van der Waals surface area contributed by atoms with E-state index >= 15 is 0 Å². The lowest BCUT2D eigenvalue weighted by Crippen LogP contribution is -2.25. The molecule has 0 aliphatic rings. The maximum atomic E-state index is 12.4. The van der Waals surface area contributed by atoms with Crippen LogP contribution in [0.5, 0.6) is 5.75 Å². The summed E-state index contributed by atoms with van der Waals surface area (Å²) in [5.41, 5.74) is 3.63. The number of imidazole rings is 1. The zero-order chi connectivity index (χ0) is 19.5. The van der Waals surface area contributed by atoms with E-state index in [1.807, 2.05) is 64.5 Å². The first kappa shape index (κ1) is 18.5. The summed E-state index contributed by atoms with van der Waals surface area (Å²) >= 11 is 7.66. The predicted molar refractivity (Wildman–Crippen MR) is 112 cm³/mol. The summed E-state index contributed by atoms with van der Waals surface area (Å²) in [6.07, 6.45) is 2.23. The van der Waals surface area contributed by atoms with Crippen LogP contribution in [0.1, 0.15) is 11.3 Å². The van der Waals surface area contributed by atoms with Crippen LogP contribution in [0.2, 0.25) is 5.02 Å². The number of benzene rings is 2. The van der Waals surface area contributed by atoms with Gasteiger partial charge in [-0.05, 0) is 23.8 Å². The van der Waals surface area contributed by atoms with E-state index < -0.39 is 0 Å². The average Bonchev–Trinajstić information content (AvgIpc) is 3.29. The fourth-order valence-corrected chi connectivity index (χ4v) is 4.02. The summed E-state index contributed by atoms with van der Waals surface area (Å²) in [7, 11) is 1.64. The minimum absolute atomic E-state index is 0.0590. The Balaban J connectivity index is 1.49. The van der Waals surface area contributed by atoms with Gasteiger partial charge in [0, 0.05) is 34.4 Å². The van der Waals surface area contributed by atoms with Crippen molar-refractivity contribution in [2.45, 2.75) is 13.0 Å². The number of halogens is 1. The molecule has 0 radical (unpaired) electrons. The summed E-state index contributed by atoms with van der Waals surface area (Å²) in [6, 6.07) is 15.3. The summed E-state index contributed by atoms with van der Waals surface area (Å²) in [5, 5.41) is 5.54. The highest BCUT2D eigenvalue weighted by atomic mass is 35.5. The fraction of sp³-hybridized carbons (Fsp3) is 0.143. The van der Waals surface area contributed by atoms with Crippen molar-refractivity contribution in [2.24, 2.45) is 0 Å². The number of thiazole rings is 1. The van der Waals surface area contributed by atoms with Crippen LogP contribution in [0.3, 0.4) is 0 Å². The van der Waals surface area contributed by atoms with E-state index in [-0.39, 0.29) is 12.3 Å². The number of rotatable bonds is 6. The van der Waals surface area contributed by atoms with Crippen LogP contribution in [0, 0.1) is 0 Å². The highest BCUT2D eigenvalue weighted by Gasteiger charge is 2.13. The number of carbonyl (C=O) groups is 1. The lowest BCUT2D eigenvalue weighted by molar-refractivity contribution is -0.120. The van der Waals surface area contributed by atoms with Crippen molar-refractivity contribution in [2.75, 3.05) is 7.11 Å². The first-order valence-electron chi connectivity index (χ1n) is 8.74. The molecule has 0 aliphatic carbocycles. The van der Waals surface area contributed by atoms with Gasteiger partial charge >= 0.3 is 0 Å². The van der Waals surface area contributed by atoms with Crippen LogP contribution >= 0.6 is 22.9 Å². The van der Waals surface area contributed by atoms with Gasteiger partial charge in [0.15, 0.2) is 4.96 Å². The molecule has 0 fully saturated rings. The maximum Gasteiger partial charge on any atom is 0.226 e. The summed E-state index contributed by atoms with van der Waals surface area (Å²) in [4.78, 5) is 17.9. The second kappa shape index (κ2) is 8.04. The van der Waals surface area contributed by atoms with Gasteiger partial charge in [-0.25, -0.2) is 4.98 Å². The SMILES string of the molecule is COc1cccc(-c2cn3c(CC(=O)NCc4ccccc4Cl)csc3n2)c1. The lowest BCUT2D eigenvalue weighted by Gasteiger charge is -2.06. The van der Waals surface area contributed by atoms with Gasteiger partial charge in [-0.2, -0.15) is 0 Å². The second-order valence-corrected chi connectivity index (χ2v) is 7.53. The molecule has 7 heteroatoms. The number of hydrogen-bond donors (Lipinski definition) is 1. The molecule has 28 heavy (non-hydrogen) atoms. The van der Waals surface area contributed by atoms with Crippen LogP contribution in [0.4, 0.5) is 0 Å².